The van der Waals surface area contributed by atoms with E-state index in [2.05, 4.69) is 31.2 Å². The normalized spacial score (nSPS) is 21.4. The molecule has 1 aromatic rings. The molecule has 6 nitrogen and oxygen atoms in total. The van der Waals surface area contributed by atoms with E-state index in [-0.39, 0.29) is 0 Å². The molecule has 0 unspecified atom stereocenters. The summed E-state index contributed by atoms with van der Waals surface area (Å²) in [5, 5.41) is 3.12. The largest absolute Gasteiger partial charge is 0.378 e. The summed E-state index contributed by atoms with van der Waals surface area (Å²) in [6.45, 7) is 6.85. The van der Waals surface area contributed by atoms with Crippen LogP contribution in [0.15, 0.2) is 12.4 Å². The fourth-order valence-electron chi connectivity index (χ4n) is 2.59. The Morgan fingerprint density at radius 3 is 2.68 bits per heavy atom. The van der Waals surface area contributed by atoms with Crippen molar-refractivity contribution in [1.82, 2.24) is 20.2 Å². The molecule has 19 heavy (non-hydrogen) atoms. The molecule has 0 spiro atoms. The number of ether oxygens (including phenoxy) is 1. The Bertz CT molecular complexity index is 415. The first kappa shape index (κ1) is 12.8. The third kappa shape index (κ3) is 2.86. The van der Waals surface area contributed by atoms with Crippen molar-refractivity contribution < 1.29 is 4.74 Å². The highest BCUT2D eigenvalue weighted by Gasteiger charge is 2.29. The second-order valence-electron chi connectivity index (χ2n) is 5.11. The van der Waals surface area contributed by atoms with Crippen LogP contribution in [0.4, 0.5) is 5.82 Å². The molecule has 0 aromatic carbocycles. The summed E-state index contributed by atoms with van der Waals surface area (Å²) in [7, 11) is 1.93. The van der Waals surface area contributed by atoms with Crippen LogP contribution in [0, 0.1) is 0 Å². The second-order valence-corrected chi connectivity index (χ2v) is 5.11. The van der Waals surface area contributed by atoms with Gasteiger partial charge in [-0.15, -0.1) is 0 Å². The molecule has 0 bridgehead atoms. The molecule has 2 fully saturated rings. The molecule has 3 rings (SSSR count). The Morgan fingerprint density at radius 1 is 1.26 bits per heavy atom. The van der Waals surface area contributed by atoms with Gasteiger partial charge in [-0.05, 0) is 7.05 Å². The van der Waals surface area contributed by atoms with Crippen LogP contribution in [-0.4, -0.2) is 67.4 Å². The number of hydrogen-bond donors (Lipinski definition) is 1. The van der Waals surface area contributed by atoms with Crippen LogP contribution in [0.25, 0.3) is 0 Å². The van der Waals surface area contributed by atoms with Gasteiger partial charge in [0.1, 0.15) is 12.1 Å². The lowest BCUT2D eigenvalue weighted by molar-refractivity contribution is -0.0661. The Hall–Kier alpha value is -1.24. The van der Waals surface area contributed by atoms with Crippen LogP contribution in [0.2, 0.25) is 0 Å². The Labute approximate surface area is 113 Å². The predicted octanol–water partition coefficient (Wildman–Crippen LogP) is -0.283. The van der Waals surface area contributed by atoms with Crippen molar-refractivity contribution in [3.05, 3.63) is 18.1 Å². The number of anilines is 1. The number of piperazine rings is 1. The fraction of sp³-hybridized carbons (Fsp3) is 0.692. The third-order valence-corrected chi connectivity index (χ3v) is 3.84. The van der Waals surface area contributed by atoms with E-state index >= 15 is 0 Å². The number of nitrogens with one attached hydrogen (secondary N) is 1. The van der Waals surface area contributed by atoms with E-state index in [1.165, 1.54) is 0 Å². The summed E-state index contributed by atoms with van der Waals surface area (Å²) in [6, 6.07) is 2.73. The molecule has 0 saturated carbocycles. The molecular formula is C13H21N5O. The van der Waals surface area contributed by atoms with E-state index in [1.54, 1.807) is 6.33 Å². The predicted molar refractivity (Wildman–Crippen MR) is 73.2 cm³/mol. The van der Waals surface area contributed by atoms with E-state index in [9.17, 15) is 0 Å². The highest BCUT2D eigenvalue weighted by molar-refractivity contribution is 5.39. The van der Waals surface area contributed by atoms with Gasteiger partial charge in [-0.3, -0.25) is 4.90 Å². The maximum Gasteiger partial charge on any atom is 0.132 e. The van der Waals surface area contributed by atoms with E-state index in [4.69, 9.17) is 4.74 Å². The van der Waals surface area contributed by atoms with E-state index in [1.807, 2.05) is 7.05 Å². The molecule has 104 valence electrons. The SMILES string of the molecule is CNCc1cc(N2CCN(C3COC3)CC2)ncn1. The van der Waals surface area contributed by atoms with Gasteiger partial charge in [0.05, 0.1) is 24.9 Å². The van der Waals surface area contributed by atoms with Gasteiger partial charge in [-0.2, -0.15) is 0 Å². The van der Waals surface area contributed by atoms with Crippen LogP contribution >= 0.6 is 0 Å². The Morgan fingerprint density at radius 2 is 2.05 bits per heavy atom. The molecule has 0 atom stereocenters. The summed E-state index contributed by atoms with van der Waals surface area (Å²) in [6.07, 6.45) is 1.66. The summed E-state index contributed by atoms with van der Waals surface area (Å²) in [5.74, 6) is 1.05. The zero-order chi connectivity index (χ0) is 13.1. The van der Waals surface area contributed by atoms with Gasteiger partial charge in [0.15, 0.2) is 0 Å². The minimum absolute atomic E-state index is 0.646. The number of hydrogen-bond acceptors (Lipinski definition) is 6. The maximum atomic E-state index is 5.26. The number of nitrogens with zero attached hydrogens (tertiary/aromatic N) is 4. The lowest BCUT2D eigenvalue weighted by Crippen LogP contribution is -2.56. The van der Waals surface area contributed by atoms with Gasteiger partial charge >= 0.3 is 0 Å². The van der Waals surface area contributed by atoms with Crippen LogP contribution in [0.5, 0.6) is 0 Å². The van der Waals surface area contributed by atoms with Gasteiger partial charge in [-0.1, -0.05) is 0 Å². The highest BCUT2D eigenvalue weighted by Crippen LogP contribution is 2.17. The number of rotatable bonds is 4. The van der Waals surface area contributed by atoms with Gasteiger partial charge in [0.2, 0.25) is 0 Å². The molecule has 6 heteroatoms. The minimum Gasteiger partial charge on any atom is -0.378 e. The van der Waals surface area contributed by atoms with Gasteiger partial charge < -0.3 is 15.0 Å². The van der Waals surface area contributed by atoms with Crippen molar-refractivity contribution in [2.45, 2.75) is 12.6 Å². The smallest absolute Gasteiger partial charge is 0.132 e. The summed E-state index contributed by atoms with van der Waals surface area (Å²) in [5.41, 5.74) is 1.04. The summed E-state index contributed by atoms with van der Waals surface area (Å²) in [4.78, 5) is 13.5. The zero-order valence-corrected chi connectivity index (χ0v) is 11.4. The quantitative estimate of drug-likeness (QED) is 0.806. The van der Waals surface area contributed by atoms with Crippen molar-refractivity contribution in [3.8, 4) is 0 Å². The Kier molecular flexibility index (Phi) is 3.91. The molecular weight excluding hydrogens is 242 g/mol. The molecule has 2 saturated heterocycles. The third-order valence-electron chi connectivity index (χ3n) is 3.84. The van der Waals surface area contributed by atoms with Crippen LogP contribution < -0.4 is 10.2 Å². The standard InChI is InChI=1S/C13H21N5O/c1-14-7-11-6-13(16-10-15-11)18-4-2-17(3-5-18)12-8-19-9-12/h6,10,12,14H,2-5,7-9H2,1H3. The molecule has 0 aliphatic carbocycles. The molecule has 0 radical (unpaired) electrons. The van der Waals surface area contributed by atoms with Crippen molar-refractivity contribution >= 4 is 5.82 Å². The lowest BCUT2D eigenvalue weighted by Gasteiger charge is -2.42. The van der Waals surface area contributed by atoms with Gasteiger partial charge in [-0.25, -0.2) is 9.97 Å². The first-order chi connectivity index (χ1) is 9.36. The topological polar surface area (TPSA) is 53.5 Å². The summed E-state index contributed by atoms with van der Waals surface area (Å²) >= 11 is 0. The van der Waals surface area contributed by atoms with Crippen LogP contribution in [0.1, 0.15) is 5.69 Å². The van der Waals surface area contributed by atoms with Gasteiger partial charge in [0, 0.05) is 38.8 Å². The van der Waals surface area contributed by atoms with Crippen LogP contribution in [-0.2, 0) is 11.3 Å². The van der Waals surface area contributed by atoms with E-state index in [0.717, 1.165) is 57.4 Å². The molecule has 2 aliphatic heterocycles. The fourth-order valence-corrected chi connectivity index (χ4v) is 2.59. The Balaban J connectivity index is 1.59. The van der Waals surface area contributed by atoms with Crippen molar-refractivity contribution in [3.63, 3.8) is 0 Å². The first-order valence-electron chi connectivity index (χ1n) is 6.89. The molecule has 1 aromatic heterocycles. The first-order valence-corrected chi connectivity index (χ1v) is 6.89. The van der Waals surface area contributed by atoms with Crippen LogP contribution in [0.3, 0.4) is 0 Å². The molecule has 2 aliphatic rings. The van der Waals surface area contributed by atoms with E-state index < -0.39 is 0 Å². The number of aromatic nitrogens is 2. The summed E-state index contributed by atoms with van der Waals surface area (Å²) < 4.78 is 5.26. The monoisotopic (exact) mass is 263 g/mol. The average molecular weight is 263 g/mol. The molecule has 0 amide bonds. The molecule has 1 N–H and O–H groups in total. The van der Waals surface area contributed by atoms with Crippen molar-refractivity contribution in [2.24, 2.45) is 0 Å². The molecule has 3 heterocycles. The zero-order valence-electron chi connectivity index (χ0n) is 11.4. The maximum absolute atomic E-state index is 5.26. The lowest BCUT2D eigenvalue weighted by atomic mass is 10.2. The highest BCUT2D eigenvalue weighted by atomic mass is 16.5. The van der Waals surface area contributed by atoms with Crippen molar-refractivity contribution in [1.29, 1.82) is 0 Å². The second kappa shape index (κ2) is 5.81. The minimum atomic E-state index is 0.646. The van der Waals surface area contributed by atoms with E-state index in [0.29, 0.717) is 6.04 Å². The average Bonchev–Trinajstić information content (AvgIpc) is 2.38. The van der Waals surface area contributed by atoms with Gasteiger partial charge in [0.25, 0.3) is 0 Å². The van der Waals surface area contributed by atoms with Crippen molar-refractivity contribution in [2.75, 3.05) is 51.3 Å².